The van der Waals surface area contributed by atoms with E-state index in [0.29, 0.717) is 5.56 Å². The number of halogens is 1. The van der Waals surface area contributed by atoms with Gasteiger partial charge in [-0.3, -0.25) is 4.79 Å². The van der Waals surface area contributed by atoms with E-state index in [2.05, 4.69) is 27.9 Å². The summed E-state index contributed by atoms with van der Waals surface area (Å²) in [6.45, 7) is 0. The SMILES string of the molecule is O=C(Nc1cccc2ccccc12)c1csc(I)c1. The second-order valence-electron chi connectivity index (χ2n) is 4.12. The number of carbonyl (C=O) groups excluding carboxylic acids is 1. The Morgan fingerprint density at radius 3 is 2.68 bits per heavy atom. The molecule has 3 rings (SSSR count). The highest BCUT2D eigenvalue weighted by atomic mass is 127. The van der Waals surface area contributed by atoms with E-state index in [1.54, 1.807) is 11.3 Å². The standard InChI is InChI=1S/C15H10INOS/c16-14-8-11(9-19-14)15(18)17-13-7-3-5-10-4-1-2-6-12(10)13/h1-9H,(H,17,18). The first-order valence-corrected chi connectivity index (χ1v) is 7.73. The van der Waals surface area contributed by atoms with Crippen molar-refractivity contribution in [2.24, 2.45) is 0 Å². The Bertz CT molecular complexity index is 745. The number of rotatable bonds is 2. The van der Waals surface area contributed by atoms with E-state index in [0.717, 1.165) is 19.3 Å². The monoisotopic (exact) mass is 379 g/mol. The summed E-state index contributed by atoms with van der Waals surface area (Å²) >= 11 is 3.79. The zero-order valence-corrected chi connectivity index (χ0v) is 12.9. The first-order valence-electron chi connectivity index (χ1n) is 5.77. The van der Waals surface area contributed by atoms with E-state index in [4.69, 9.17) is 0 Å². The normalized spacial score (nSPS) is 10.6. The molecule has 0 bridgehead atoms. The summed E-state index contributed by atoms with van der Waals surface area (Å²) in [5, 5.41) is 7.04. The second-order valence-corrected chi connectivity index (χ2v) is 6.93. The van der Waals surface area contributed by atoms with E-state index in [1.807, 2.05) is 53.9 Å². The molecular weight excluding hydrogens is 369 g/mol. The van der Waals surface area contributed by atoms with Crippen LogP contribution < -0.4 is 5.32 Å². The fourth-order valence-corrected chi connectivity index (χ4v) is 3.28. The smallest absolute Gasteiger partial charge is 0.256 e. The fourth-order valence-electron chi connectivity index (χ4n) is 1.96. The van der Waals surface area contributed by atoms with E-state index in [9.17, 15) is 4.79 Å². The molecule has 0 atom stereocenters. The van der Waals surface area contributed by atoms with Crippen LogP contribution in [0.2, 0.25) is 0 Å². The van der Waals surface area contributed by atoms with Crippen LogP contribution >= 0.6 is 33.9 Å². The Hall–Kier alpha value is -1.40. The third-order valence-electron chi connectivity index (χ3n) is 2.87. The van der Waals surface area contributed by atoms with Crippen LogP contribution in [0.5, 0.6) is 0 Å². The van der Waals surface area contributed by atoms with Crippen molar-refractivity contribution in [2.45, 2.75) is 0 Å². The maximum atomic E-state index is 12.2. The number of hydrogen-bond donors (Lipinski definition) is 1. The number of hydrogen-bond acceptors (Lipinski definition) is 2. The van der Waals surface area contributed by atoms with Gasteiger partial charge in [-0.05, 0) is 40.1 Å². The molecule has 0 saturated heterocycles. The van der Waals surface area contributed by atoms with Gasteiger partial charge in [0, 0.05) is 16.5 Å². The van der Waals surface area contributed by atoms with Crippen LogP contribution in [0.3, 0.4) is 0 Å². The maximum Gasteiger partial charge on any atom is 0.256 e. The first kappa shape index (κ1) is 12.6. The van der Waals surface area contributed by atoms with Crippen molar-refractivity contribution in [3.8, 4) is 0 Å². The largest absolute Gasteiger partial charge is 0.321 e. The molecule has 19 heavy (non-hydrogen) atoms. The predicted octanol–water partition coefficient (Wildman–Crippen LogP) is 4.76. The highest BCUT2D eigenvalue weighted by Crippen LogP contribution is 2.24. The van der Waals surface area contributed by atoms with E-state index < -0.39 is 0 Å². The third-order valence-corrected chi connectivity index (χ3v) is 4.66. The minimum absolute atomic E-state index is 0.0597. The van der Waals surface area contributed by atoms with Gasteiger partial charge in [0.25, 0.3) is 5.91 Å². The molecule has 0 unspecified atom stereocenters. The number of amides is 1. The Morgan fingerprint density at radius 1 is 1.11 bits per heavy atom. The van der Waals surface area contributed by atoms with Gasteiger partial charge < -0.3 is 5.32 Å². The van der Waals surface area contributed by atoms with Gasteiger partial charge in [-0.1, -0.05) is 36.4 Å². The molecule has 0 aliphatic heterocycles. The lowest BCUT2D eigenvalue weighted by Gasteiger charge is -2.07. The number of fused-ring (bicyclic) bond motifs is 1. The van der Waals surface area contributed by atoms with Crippen molar-refractivity contribution < 1.29 is 4.79 Å². The highest BCUT2D eigenvalue weighted by Gasteiger charge is 2.09. The van der Waals surface area contributed by atoms with Crippen LogP contribution in [0.25, 0.3) is 10.8 Å². The topological polar surface area (TPSA) is 29.1 Å². The lowest BCUT2D eigenvalue weighted by molar-refractivity contribution is 0.102. The summed E-state index contributed by atoms with van der Waals surface area (Å²) in [6, 6.07) is 15.8. The molecule has 1 heterocycles. The first-order chi connectivity index (χ1) is 9.24. The molecular formula is C15H10INOS. The van der Waals surface area contributed by atoms with Crippen LogP contribution in [0.4, 0.5) is 5.69 Å². The van der Waals surface area contributed by atoms with Crippen LogP contribution in [0, 0.1) is 2.88 Å². The van der Waals surface area contributed by atoms with E-state index >= 15 is 0 Å². The molecule has 94 valence electrons. The zero-order valence-electron chi connectivity index (χ0n) is 9.89. The Kier molecular flexibility index (Phi) is 3.52. The van der Waals surface area contributed by atoms with Gasteiger partial charge in [-0.2, -0.15) is 0 Å². The van der Waals surface area contributed by atoms with E-state index in [-0.39, 0.29) is 5.91 Å². The van der Waals surface area contributed by atoms with Crippen molar-refractivity contribution in [1.82, 2.24) is 0 Å². The zero-order chi connectivity index (χ0) is 13.2. The van der Waals surface area contributed by atoms with Gasteiger partial charge in [-0.25, -0.2) is 0 Å². The molecule has 0 aliphatic rings. The fraction of sp³-hybridized carbons (Fsp3) is 0. The van der Waals surface area contributed by atoms with Crippen molar-refractivity contribution >= 4 is 56.3 Å². The Balaban J connectivity index is 1.95. The molecule has 0 saturated carbocycles. The quantitative estimate of drug-likeness (QED) is 0.640. The Labute approximate surface area is 128 Å². The summed E-state index contributed by atoms with van der Waals surface area (Å²) in [4.78, 5) is 12.2. The summed E-state index contributed by atoms with van der Waals surface area (Å²) in [5.74, 6) is -0.0597. The number of nitrogens with one attached hydrogen (secondary N) is 1. The molecule has 4 heteroatoms. The summed E-state index contributed by atoms with van der Waals surface area (Å²) in [7, 11) is 0. The van der Waals surface area contributed by atoms with E-state index in [1.165, 1.54) is 0 Å². The molecule has 1 aromatic heterocycles. The van der Waals surface area contributed by atoms with Crippen molar-refractivity contribution in [1.29, 1.82) is 0 Å². The molecule has 0 aliphatic carbocycles. The van der Waals surface area contributed by atoms with Crippen LogP contribution in [-0.2, 0) is 0 Å². The molecule has 0 radical (unpaired) electrons. The minimum Gasteiger partial charge on any atom is -0.321 e. The molecule has 0 fully saturated rings. The average Bonchev–Trinajstić information content (AvgIpc) is 2.86. The summed E-state index contributed by atoms with van der Waals surface area (Å²) in [6.07, 6.45) is 0. The van der Waals surface area contributed by atoms with Gasteiger partial charge in [-0.15, -0.1) is 11.3 Å². The molecule has 1 amide bonds. The number of anilines is 1. The van der Waals surface area contributed by atoms with Gasteiger partial charge in [0.2, 0.25) is 0 Å². The number of benzene rings is 2. The molecule has 1 N–H and O–H groups in total. The molecule has 2 nitrogen and oxygen atoms in total. The molecule has 3 aromatic rings. The number of carbonyl (C=O) groups is 1. The van der Waals surface area contributed by atoms with Gasteiger partial charge >= 0.3 is 0 Å². The average molecular weight is 379 g/mol. The van der Waals surface area contributed by atoms with Crippen molar-refractivity contribution in [3.63, 3.8) is 0 Å². The van der Waals surface area contributed by atoms with Gasteiger partial charge in [0.05, 0.1) is 8.45 Å². The van der Waals surface area contributed by atoms with Crippen LogP contribution in [0.15, 0.2) is 53.9 Å². The minimum atomic E-state index is -0.0597. The Morgan fingerprint density at radius 2 is 1.89 bits per heavy atom. The lowest BCUT2D eigenvalue weighted by Crippen LogP contribution is -2.11. The molecule has 0 spiro atoms. The summed E-state index contributed by atoms with van der Waals surface area (Å²) < 4.78 is 1.11. The van der Waals surface area contributed by atoms with Gasteiger partial charge in [0.1, 0.15) is 0 Å². The van der Waals surface area contributed by atoms with Crippen molar-refractivity contribution in [3.05, 3.63) is 62.4 Å². The predicted molar refractivity (Wildman–Crippen MR) is 88.9 cm³/mol. The lowest BCUT2D eigenvalue weighted by atomic mass is 10.1. The number of thiophene rings is 1. The maximum absolute atomic E-state index is 12.2. The molecule has 2 aromatic carbocycles. The second kappa shape index (κ2) is 5.30. The summed E-state index contributed by atoms with van der Waals surface area (Å²) in [5.41, 5.74) is 1.56. The van der Waals surface area contributed by atoms with Crippen LogP contribution in [0.1, 0.15) is 10.4 Å². The highest BCUT2D eigenvalue weighted by molar-refractivity contribution is 14.1. The van der Waals surface area contributed by atoms with Crippen molar-refractivity contribution in [2.75, 3.05) is 5.32 Å². The third kappa shape index (κ3) is 2.64. The van der Waals surface area contributed by atoms with Gasteiger partial charge in [0.15, 0.2) is 0 Å². The van der Waals surface area contributed by atoms with Crippen LogP contribution in [-0.4, -0.2) is 5.91 Å².